The number of carbonyl (C=O) groups is 1. The molecule has 3 nitrogen and oxygen atoms in total. The zero-order chi connectivity index (χ0) is 8.85. The van der Waals surface area contributed by atoms with Crippen LogP contribution in [0.3, 0.4) is 0 Å². The van der Waals surface area contributed by atoms with Crippen LogP contribution in [0.2, 0.25) is 0 Å². The fraction of sp³-hybridized carbons (Fsp3) is 0.500. The minimum atomic E-state index is -1.06. The second-order valence-corrected chi connectivity index (χ2v) is 2.32. The van der Waals surface area contributed by atoms with E-state index in [0.717, 1.165) is 11.6 Å². The molecule has 0 aliphatic heterocycles. The Bertz CT molecular complexity index is 193. The second kappa shape index (κ2) is 4.72. The third kappa shape index (κ3) is 6.84. The Balaban J connectivity index is 3.99. The molecule has 0 aromatic carbocycles. The average Bonchev–Trinajstić information content (AvgIpc) is 1.82. The molecule has 0 spiro atoms. The highest BCUT2D eigenvalue weighted by Crippen LogP contribution is 1.88. The lowest BCUT2D eigenvalue weighted by molar-refractivity contribution is -0.158. The predicted molar refractivity (Wildman–Crippen MR) is 40.7 cm³/mol. The summed E-state index contributed by atoms with van der Waals surface area (Å²) >= 11 is 0. The molecule has 0 aromatic rings. The van der Waals surface area contributed by atoms with Crippen molar-refractivity contribution in [2.24, 2.45) is 0 Å². The van der Waals surface area contributed by atoms with E-state index < -0.39 is 12.3 Å². The summed E-state index contributed by atoms with van der Waals surface area (Å²) in [5.41, 5.74) is 3.54. The highest BCUT2D eigenvalue weighted by molar-refractivity contribution is 5.81. The average molecular weight is 156 g/mol. The van der Waals surface area contributed by atoms with Crippen molar-refractivity contribution < 1.29 is 14.6 Å². The van der Waals surface area contributed by atoms with Crippen LogP contribution in [0.15, 0.2) is 17.4 Å². The van der Waals surface area contributed by atoms with Crippen LogP contribution in [0.25, 0.3) is 0 Å². The molecule has 0 fully saturated rings. The molecule has 0 aliphatic rings. The summed E-state index contributed by atoms with van der Waals surface area (Å²) in [5, 5.41) is 8.59. The number of esters is 1. The van der Waals surface area contributed by atoms with Crippen LogP contribution in [-0.4, -0.2) is 17.4 Å². The van der Waals surface area contributed by atoms with E-state index in [9.17, 15) is 4.79 Å². The molecule has 0 saturated carbocycles. The third-order valence-corrected chi connectivity index (χ3v) is 0.765. The molecule has 0 bridgehead atoms. The zero-order valence-electron chi connectivity index (χ0n) is 6.92. The number of carbonyl (C=O) groups excluding carboxylic acids is 1. The van der Waals surface area contributed by atoms with Crippen molar-refractivity contribution in [1.82, 2.24) is 0 Å². The maximum Gasteiger partial charge on any atom is 0.340 e. The summed E-state index contributed by atoms with van der Waals surface area (Å²) in [6.45, 7) is 4.99. The van der Waals surface area contributed by atoms with Gasteiger partial charge < -0.3 is 9.84 Å². The second-order valence-electron chi connectivity index (χ2n) is 2.32. The van der Waals surface area contributed by atoms with E-state index >= 15 is 0 Å². The van der Waals surface area contributed by atoms with Gasteiger partial charge >= 0.3 is 5.97 Å². The molecule has 11 heavy (non-hydrogen) atoms. The SMILES string of the molecule is CC(C)=C=CC(=O)OC(C)O. The number of ether oxygens (including phenoxy) is 1. The van der Waals surface area contributed by atoms with Crippen LogP contribution >= 0.6 is 0 Å². The van der Waals surface area contributed by atoms with E-state index in [-0.39, 0.29) is 0 Å². The molecule has 0 radical (unpaired) electrons. The number of aliphatic hydroxyl groups is 1. The smallest absolute Gasteiger partial charge is 0.340 e. The quantitative estimate of drug-likeness (QED) is 0.280. The number of rotatable bonds is 2. The molecule has 1 atom stereocenters. The Morgan fingerprint density at radius 3 is 2.55 bits per heavy atom. The minimum absolute atomic E-state index is 0.582. The van der Waals surface area contributed by atoms with Crippen LogP contribution in [0, 0.1) is 0 Å². The zero-order valence-corrected chi connectivity index (χ0v) is 6.92. The first kappa shape index (κ1) is 9.95. The van der Waals surface area contributed by atoms with Gasteiger partial charge in [-0.25, -0.2) is 4.79 Å². The first-order valence-electron chi connectivity index (χ1n) is 3.31. The maximum atomic E-state index is 10.6. The van der Waals surface area contributed by atoms with E-state index in [0.29, 0.717) is 0 Å². The molecule has 1 N–H and O–H groups in total. The Hall–Kier alpha value is -1.05. The molecule has 1 unspecified atom stereocenters. The standard InChI is InChI=1S/C8H12O3/c1-6(2)4-5-8(10)11-7(3)9/h5,7,9H,1-3H3. The highest BCUT2D eigenvalue weighted by atomic mass is 16.6. The first-order valence-corrected chi connectivity index (χ1v) is 3.31. The van der Waals surface area contributed by atoms with Gasteiger partial charge in [0, 0.05) is 0 Å². The van der Waals surface area contributed by atoms with Crippen molar-refractivity contribution in [1.29, 1.82) is 0 Å². The van der Waals surface area contributed by atoms with Crippen molar-refractivity contribution in [3.8, 4) is 0 Å². The summed E-state index contributed by atoms with van der Waals surface area (Å²) in [5.74, 6) is -0.582. The van der Waals surface area contributed by atoms with Crippen LogP contribution in [-0.2, 0) is 9.53 Å². The van der Waals surface area contributed by atoms with E-state index in [4.69, 9.17) is 5.11 Å². The number of hydrogen-bond acceptors (Lipinski definition) is 3. The Kier molecular flexibility index (Phi) is 4.27. The molecule has 0 saturated heterocycles. The van der Waals surface area contributed by atoms with Gasteiger partial charge in [-0.2, -0.15) is 0 Å². The van der Waals surface area contributed by atoms with Crippen molar-refractivity contribution >= 4 is 5.97 Å². The van der Waals surface area contributed by atoms with Gasteiger partial charge in [0.2, 0.25) is 0 Å². The van der Waals surface area contributed by atoms with Crippen molar-refractivity contribution in [3.63, 3.8) is 0 Å². The lowest BCUT2D eigenvalue weighted by Crippen LogP contribution is -2.10. The van der Waals surface area contributed by atoms with Gasteiger partial charge in [0.05, 0.1) is 6.08 Å². The van der Waals surface area contributed by atoms with Crippen LogP contribution in [0.4, 0.5) is 0 Å². The van der Waals surface area contributed by atoms with Crippen molar-refractivity contribution in [2.75, 3.05) is 0 Å². The lowest BCUT2D eigenvalue weighted by atomic mass is 10.4. The third-order valence-electron chi connectivity index (χ3n) is 0.765. The fourth-order valence-electron chi connectivity index (χ4n) is 0.405. The van der Waals surface area contributed by atoms with E-state index in [2.05, 4.69) is 10.5 Å². The van der Waals surface area contributed by atoms with Crippen molar-refractivity contribution in [3.05, 3.63) is 17.4 Å². The normalized spacial score (nSPS) is 11.3. The predicted octanol–water partition coefficient (Wildman–Crippen LogP) is 0.989. The van der Waals surface area contributed by atoms with E-state index in [1.54, 1.807) is 0 Å². The number of aliphatic hydroxyl groups excluding tert-OH is 1. The first-order chi connectivity index (χ1) is 5.02. The van der Waals surface area contributed by atoms with Gasteiger partial charge in [-0.1, -0.05) is 0 Å². The molecule has 0 amide bonds. The molecule has 3 heteroatoms. The summed E-state index contributed by atoms with van der Waals surface area (Å²) in [6.07, 6.45) is 0.0971. The lowest BCUT2D eigenvalue weighted by Gasteiger charge is -2.01. The Labute approximate surface area is 66.0 Å². The molecule has 0 aliphatic carbocycles. The number of hydrogen-bond donors (Lipinski definition) is 1. The minimum Gasteiger partial charge on any atom is -0.433 e. The molecular formula is C8H12O3. The van der Waals surface area contributed by atoms with E-state index in [1.807, 2.05) is 13.8 Å². The Morgan fingerprint density at radius 2 is 2.18 bits per heavy atom. The molecule has 0 heterocycles. The topological polar surface area (TPSA) is 46.5 Å². The fourth-order valence-corrected chi connectivity index (χ4v) is 0.405. The Morgan fingerprint density at radius 1 is 1.64 bits per heavy atom. The molecule has 0 rings (SSSR count). The monoisotopic (exact) mass is 156 g/mol. The van der Waals surface area contributed by atoms with Gasteiger partial charge in [0.1, 0.15) is 0 Å². The van der Waals surface area contributed by atoms with Crippen LogP contribution in [0.5, 0.6) is 0 Å². The van der Waals surface area contributed by atoms with Gasteiger partial charge in [-0.05, 0) is 26.3 Å². The van der Waals surface area contributed by atoms with Gasteiger partial charge in [-0.3, -0.25) is 0 Å². The highest BCUT2D eigenvalue weighted by Gasteiger charge is 1.99. The molecular weight excluding hydrogens is 144 g/mol. The largest absolute Gasteiger partial charge is 0.433 e. The van der Waals surface area contributed by atoms with Gasteiger partial charge in [0.25, 0.3) is 0 Å². The van der Waals surface area contributed by atoms with Crippen LogP contribution < -0.4 is 0 Å². The summed E-state index contributed by atoms with van der Waals surface area (Å²) in [4.78, 5) is 10.6. The van der Waals surface area contributed by atoms with Crippen molar-refractivity contribution in [2.45, 2.75) is 27.1 Å². The summed E-state index contributed by atoms with van der Waals surface area (Å²) in [7, 11) is 0. The summed E-state index contributed by atoms with van der Waals surface area (Å²) in [6, 6.07) is 0. The van der Waals surface area contributed by atoms with E-state index in [1.165, 1.54) is 6.92 Å². The molecule has 0 aromatic heterocycles. The van der Waals surface area contributed by atoms with Gasteiger partial charge in [0.15, 0.2) is 6.29 Å². The summed E-state index contributed by atoms with van der Waals surface area (Å²) < 4.78 is 4.39. The molecule has 62 valence electrons. The maximum absolute atomic E-state index is 10.6. The van der Waals surface area contributed by atoms with Crippen LogP contribution in [0.1, 0.15) is 20.8 Å². The van der Waals surface area contributed by atoms with Gasteiger partial charge in [-0.15, -0.1) is 5.73 Å².